The summed E-state index contributed by atoms with van der Waals surface area (Å²) in [5.74, 6) is -0.279. The van der Waals surface area contributed by atoms with Crippen molar-refractivity contribution in [2.75, 3.05) is 19.8 Å². The quantitative estimate of drug-likeness (QED) is 0.289. The number of carbonyl (C=O) groups is 1. The van der Waals surface area contributed by atoms with Crippen molar-refractivity contribution in [3.8, 4) is 11.5 Å². The van der Waals surface area contributed by atoms with Crippen LogP contribution >= 0.6 is 46.4 Å². The lowest BCUT2D eigenvalue weighted by Gasteiger charge is -2.12. The number of hydrogen-bond acceptors (Lipinski definition) is 4. The Morgan fingerprint density at radius 1 is 0.967 bits per heavy atom. The molecule has 0 saturated carbocycles. The van der Waals surface area contributed by atoms with Gasteiger partial charge in [0.05, 0.1) is 21.2 Å². The Morgan fingerprint density at radius 3 is 2.10 bits per heavy atom. The maximum atomic E-state index is 12.5. The zero-order chi connectivity index (χ0) is 22.3. The molecule has 0 radical (unpaired) electrons. The summed E-state index contributed by atoms with van der Waals surface area (Å²) in [5, 5.41) is 0.319. The van der Waals surface area contributed by atoms with Crippen molar-refractivity contribution in [3.05, 3.63) is 68.1 Å². The fraction of sp³-hybridized carbons (Fsp3) is 0.211. The first-order valence-electron chi connectivity index (χ1n) is 8.18. The highest BCUT2D eigenvalue weighted by molar-refractivity contribution is 6.55. The molecule has 0 amide bonds. The molecule has 2 aromatic carbocycles. The summed E-state index contributed by atoms with van der Waals surface area (Å²) < 4.78 is 53.4. The molecule has 0 aliphatic rings. The van der Waals surface area contributed by atoms with E-state index in [2.05, 4.69) is 0 Å². The lowest BCUT2D eigenvalue weighted by molar-refractivity contribution is -0.137. The summed E-state index contributed by atoms with van der Waals surface area (Å²) in [7, 11) is 0. The molecule has 2 aromatic rings. The van der Waals surface area contributed by atoms with Gasteiger partial charge in [0.15, 0.2) is 5.75 Å². The molecule has 0 bridgehead atoms. The summed E-state index contributed by atoms with van der Waals surface area (Å²) in [5.41, 5.74) is -0.882. The lowest BCUT2D eigenvalue weighted by Crippen LogP contribution is -2.13. The lowest BCUT2D eigenvalue weighted by atomic mass is 10.1. The fourth-order valence-electron chi connectivity index (χ4n) is 2.12. The van der Waals surface area contributed by atoms with E-state index in [1.807, 2.05) is 0 Å². The number of rotatable bonds is 8. The molecular formula is C19H13Cl4F3O4. The third-order valence-corrected chi connectivity index (χ3v) is 4.34. The Hall–Kier alpha value is -1.80. The van der Waals surface area contributed by atoms with E-state index in [-0.39, 0.29) is 45.7 Å². The van der Waals surface area contributed by atoms with Crippen molar-refractivity contribution in [1.29, 1.82) is 0 Å². The monoisotopic (exact) mass is 502 g/mol. The number of benzene rings is 2. The van der Waals surface area contributed by atoms with Crippen LogP contribution in [0.4, 0.5) is 13.2 Å². The first-order chi connectivity index (χ1) is 14.1. The number of alkyl halides is 3. The first-order valence-corrected chi connectivity index (χ1v) is 9.69. The molecule has 0 spiro atoms. The molecule has 0 unspecified atom stereocenters. The van der Waals surface area contributed by atoms with Gasteiger partial charge in [-0.3, -0.25) is 0 Å². The van der Waals surface area contributed by atoms with E-state index in [1.54, 1.807) is 0 Å². The Kier molecular flexibility index (Phi) is 8.97. The number of carbonyl (C=O) groups excluding carboxylic acids is 1. The minimum atomic E-state index is -4.48. The van der Waals surface area contributed by atoms with Crippen molar-refractivity contribution in [2.24, 2.45) is 0 Å². The molecule has 0 aliphatic carbocycles. The second-order valence-electron chi connectivity index (χ2n) is 5.58. The first kappa shape index (κ1) is 24.5. The second-order valence-corrected chi connectivity index (χ2v) is 7.40. The summed E-state index contributed by atoms with van der Waals surface area (Å²) in [6, 6.07) is 6.59. The Morgan fingerprint density at radius 2 is 1.57 bits per heavy atom. The van der Waals surface area contributed by atoms with Crippen molar-refractivity contribution in [2.45, 2.75) is 6.18 Å². The molecule has 0 fully saturated rings. The third kappa shape index (κ3) is 7.47. The van der Waals surface area contributed by atoms with Crippen molar-refractivity contribution < 1.29 is 32.2 Å². The SMILES string of the molecule is O=C(OCCOc1c(Cl)cc(OCC=C(Cl)Cl)cc1Cl)c1ccc(C(F)(F)F)cc1. The molecule has 2 rings (SSSR count). The summed E-state index contributed by atoms with van der Waals surface area (Å²) in [4.78, 5) is 11.9. The van der Waals surface area contributed by atoms with Crippen LogP contribution < -0.4 is 9.47 Å². The maximum Gasteiger partial charge on any atom is 0.416 e. The molecule has 30 heavy (non-hydrogen) atoms. The van der Waals surface area contributed by atoms with Crippen LogP contribution in [0.15, 0.2) is 47.0 Å². The number of esters is 1. The molecule has 0 N–H and O–H groups in total. The Labute approximate surface area is 190 Å². The van der Waals surface area contributed by atoms with Gasteiger partial charge in [-0.2, -0.15) is 13.2 Å². The van der Waals surface area contributed by atoms with Crippen LogP contribution in [-0.4, -0.2) is 25.8 Å². The highest BCUT2D eigenvalue weighted by Gasteiger charge is 2.30. The zero-order valence-corrected chi connectivity index (χ0v) is 18.0. The van der Waals surface area contributed by atoms with E-state index in [0.717, 1.165) is 24.3 Å². The van der Waals surface area contributed by atoms with E-state index in [0.29, 0.717) is 5.75 Å². The molecule has 0 aliphatic heterocycles. The van der Waals surface area contributed by atoms with Gasteiger partial charge in [0, 0.05) is 12.1 Å². The highest BCUT2D eigenvalue weighted by Crippen LogP contribution is 2.37. The third-order valence-electron chi connectivity index (χ3n) is 3.47. The van der Waals surface area contributed by atoms with Gasteiger partial charge in [0.2, 0.25) is 0 Å². The molecule has 0 aromatic heterocycles. The fourth-order valence-corrected chi connectivity index (χ4v) is 2.82. The van der Waals surface area contributed by atoms with Gasteiger partial charge in [-0.25, -0.2) is 4.79 Å². The number of hydrogen-bond donors (Lipinski definition) is 0. The minimum Gasteiger partial charge on any atom is -0.489 e. The van der Waals surface area contributed by atoms with Crippen LogP contribution in [0.2, 0.25) is 10.0 Å². The smallest absolute Gasteiger partial charge is 0.416 e. The number of halogens is 7. The van der Waals surface area contributed by atoms with E-state index < -0.39 is 17.7 Å². The van der Waals surface area contributed by atoms with Crippen LogP contribution in [0, 0.1) is 0 Å². The second kappa shape index (κ2) is 11.0. The average molecular weight is 504 g/mol. The summed E-state index contributed by atoms with van der Waals surface area (Å²) in [6.07, 6.45) is -3.05. The molecular weight excluding hydrogens is 491 g/mol. The Bertz CT molecular complexity index is 888. The van der Waals surface area contributed by atoms with Gasteiger partial charge in [0.1, 0.15) is 30.1 Å². The van der Waals surface area contributed by atoms with Gasteiger partial charge < -0.3 is 14.2 Å². The normalized spacial score (nSPS) is 11.0. The number of ether oxygens (including phenoxy) is 3. The summed E-state index contributed by atoms with van der Waals surface area (Å²) >= 11 is 23.2. The van der Waals surface area contributed by atoms with Crippen molar-refractivity contribution >= 4 is 52.4 Å². The molecule has 0 atom stereocenters. The van der Waals surface area contributed by atoms with Crippen LogP contribution in [0.1, 0.15) is 15.9 Å². The predicted molar refractivity (Wildman–Crippen MR) is 109 cm³/mol. The van der Waals surface area contributed by atoms with Gasteiger partial charge in [-0.1, -0.05) is 46.4 Å². The molecule has 0 saturated heterocycles. The molecule has 4 nitrogen and oxygen atoms in total. The predicted octanol–water partition coefficient (Wildman–Crippen LogP) is 6.95. The zero-order valence-electron chi connectivity index (χ0n) is 14.9. The van der Waals surface area contributed by atoms with Gasteiger partial charge in [0.25, 0.3) is 0 Å². The van der Waals surface area contributed by atoms with Crippen LogP contribution in [-0.2, 0) is 10.9 Å². The highest BCUT2D eigenvalue weighted by atomic mass is 35.5. The molecule has 162 valence electrons. The van der Waals surface area contributed by atoms with Crippen LogP contribution in [0.25, 0.3) is 0 Å². The van der Waals surface area contributed by atoms with E-state index in [1.165, 1.54) is 18.2 Å². The van der Waals surface area contributed by atoms with Gasteiger partial charge in [-0.05, 0) is 30.3 Å². The van der Waals surface area contributed by atoms with Gasteiger partial charge in [-0.15, -0.1) is 0 Å². The minimum absolute atomic E-state index is 0.0216. The molecule has 11 heteroatoms. The topological polar surface area (TPSA) is 44.8 Å². The van der Waals surface area contributed by atoms with Crippen molar-refractivity contribution in [1.82, 2.24) is 0 Å². The maximum absolute atomic E-state index is 12.5. The van der Waals surface area contributed by atoms with Crippen molar-refractivity contribution in [3.63, 3.8) is 0 Å². The van der Waals surface area contributed by atoms with E-state index in [4.69, 9.17) is 60.6 Å². The van der Waals surface area contributed by atoms with Gasteiger partial charge >= 0.3 is 12.1 Å². The summed E-state index contributed by atoms with van der Waals surface area (Å²) in [6.45, 7) is -0.157. The van der Waals surface area contributed by atoms with E-state index >= 15 is 0 Å². The standard InChI is InChI=1S/C19H13Cl4F3O4/c20-14-9-13(28-6-5-16(22)23)10-15(21)17(14)29-7-8-30-18(27)11-1-3-12(4-2-11)19(24,25)26/h1-5,9-10H,6-8H2. The molecule has 0 heterocycles. The Balaban J connectivity index is 1.86. The van der Waals surface area contributed by atoms with Crippen LogP contribution in [0.5, 0.6) is 11.5 Å². The largest absolute Gasteiger partial charge is 0.489 e. The van der Waals surface area contributed by atoms with Crippen LogP contribution in [0.3, 0.4) is 0 Å². The van der Waals surface area contributed by atoms with E-state index in [9.17, 15) is 18.0 Å². The average Bonchev–Trinajstić information content (AvgIpc) is 2.65.